The number of rotatable bonds is 14. The molecule has 1 heterocycles. The van der Waals surface area contributed by atoms with Gasteiger partial charge in [0.2, 0.25) is 23.6 Å². The second-order valence-corrected chi connectivity index (χ2v) is 9.30. The number of carbonyl (C=O) groups is 6. The Morgan fingerprint density at radius 3 is 2.18 bits per heavy atom. The number of amides is 4. The zero-order valence-electron chi connectivity index (χ0n) is 21.5. The topological polar surface area (TPSA) is 228 Å². The first-order chi connectivity index (χ1) is 18.4. The van der Waals surface area contributed by atoms with E-state index in [1.54, 1.807) is 30.3 Å². The van der Waals surface area contributed by atoms with E-state index in [1.807, 2.05) is 0 Å². The predicted molar refractivity (Wildman–Crippen MR) is 136 cm³/mol. The molecule has 5 atom stereocenters. The van der Waals surface area contributed by atoms with Gasteiger partial charge >= 0.3 is 11.9 Å². The van der Waals surface area contributed by atoms with Gasteiger partial charge in [0.25, 0.3) is 0 Å². The van der Waals surface area contributed by atoms with Crippen LogP contribution in [0.3, 0.4) is 0 Å². The number of aliphatic hydroxyl groups excluding tert-OH is 1. The summed E-state index contributed by atoms with van der Waals surface area (Å²) in [6.07, 6.45) is 0.0277. The molecule has 0 unspecified atom stereocenters. The third kappa shape index (κ3) is 9.33. The average Bonchev–Trinajstić information content (AvgIpc) is 3.38. The van der Waals surface area contributed by atoms with Crippen molar-refractivity contribution < 1.29 is 44.1 Å². The smallest absolute Gasteiger partial charge is 0.328 e. The standard InChI is InChI=1S/C25H35N5O9/c1-14(26)21(34)27-16(9-10-20(32)33)22(35)28-17(12-15-6-3-2-4-7-15)24(37)30-11-5-8-19(30)23(36)29-18(13-31)25(38)39/h2-4,6-7,14,16-19,31H,5,8-13,26H2,1H3,(H,27,34)(H,28,35)(H,29,36)(H,32,33)(H,38,39)/t14-,16-,17-,18-,19-/m0/s1. The molecule has 1 aromatic carbocycles. The Kier molecular flexibility index (Phi) is 11.8. The van der Waals surface area contributed by atoms with Crippen LogP contribution in [0.5, 0.6) is 0 Å². The summed E-state index contributed by atoms with van der Waals surface area (Å²) in [5, 5.41) is 34.7. The zero-order valence-corrected chi connectivity index (χ0v) is 21.5. The summed E-state index contributed by atoms with van der Waals surface area (Å²) in [5.74, 6) is -5.47. The van der Waals surface area contributed by atoms with E-state index >= 15 is 0 Å². The van der Waals surface area contributed by atoms with Gasteiger partial charge in [-0.15, -0.1) is 0 Å². The number of carboxylic acids is 2. The number of nitrogens with two attached hydrogens (primary N) is 1. The molecule has 1 fully saturated rings. The molecule has 0 radical (unpaired) electrons. The maximum atomic E-state index is 13.7. The molecule has 214 valence electrons. The van der Waals surface area contributed by atoms with E-state index < -0.39 is 78.8 Å². The molecule has 0 bridgehead atoms. The Morgan fingerprint density at radius 1 is 0.974 bits per heavy atom. The van der Waals surface area contributed by atoms with Gasteiger partial charge in [0, 0.05) is 19.4 Å². The van der Waals surface area contributed by atoms with Gasteiger partial charge in [-0.25, -0.2) is 4.79 Å². The van der Waals surface area contributed by atoms with E-state index in [1.165, 1.54) is 11.8 Å². The highest BCUT2D eigenvalue weighted by Crippen LogP contribution is 2.20. The van der Waals surface area contributed by atoms with Crippen molar-refractivity contribution in [3.63, 3.8) is 0 Å². The second-order valence-electron chi connectivity index (χ2n) is 9.30. The van der Waals surface area contributed by atoms with Crippen molar-refractivity contribution in [3.05, 3.63) is 35.9 Å². The molecule has 14 heteroatoms. The van der Waals surface area contributed by atoms with Crippen LogP contribution in [0.4, 0.5) is 0 Å². The minimum absolute atomic E-state index is 0.0253. The number of aliphatic carboxylic acids is 2. The van der Waals surface area contributed by atoms with Gasteiger partial charge in [0.1, 0.15) is 24.2 Å². The molecule has 0 spiro atoms. The molecular weight excluding hydrogens is 514 g/mol. The van der Waals surface area contributed by atoms with Crippen molar-refractivity contribution in [3.8, 4) is 0 Å². The van der Waals surface area contributed by atoms with Gasteiger partial charge in [-0.2, -0.15) is 0 Å². The quantitative estimate of drug-likeness (QED) is 0.134. The van der Waals surface area contributed by atoms with Gasteiger partial charge < -0.3 is 41.9 Å². The van der Waals surface area contributed by atoms with Crippen molar-refractivity contribution >= 4 is 35.6 Å². The van der Waals surface area contributed by atoms with Crippen LogP contribution in [0.1, 0.15) is 38.2 Å². The Morgan fingerprint density at radius 2 is 1.62 bits per heavy atom. The van der Waals surface area contributed by atoms with Gasteiger partial charge in [-0.3, -0.25) is 24.0 Å². The van der Waals surface area contributed by atoms with E-state index in [-0.39, 0.29) is 25.8 Å². The lowest BCUT2D eigenvalue weighted by molar-refractivity contribution is -0.145. The maximum absolute atomic E-state index is 13.7. The van der Waals surface area contributed by atoms with E-state index in [9.17, 15) is 33.9 Å². The molecule has 0 saturated carbocycles. The lowest BCUT2D eigenvalue weighted by atomic mass is 10.0. The summed E-state index contributed by atoms with van der Waals surface area (Å²) in [4.78, 5) is 75.4. The third-order valence-electron chi connectivity index (χ3n) is 6.23. The summed E-state index contributed by atoms with van der Waals surface area (Å²) >= 11 is 0. The first kappa shape index (κ1) is 31.2. The van der Waals surface area contributed by atoms with Crippen molar-refractivity contribution in [2.75, 3.05) is 13.2 Å². The lowest BCUT2D eigenvalue weighted by Crippen LogP contribution is -2.58. The zero-order chi connectivity index (χ0) is 29.1. The van der Waals surface area contributed by atoms with Gasteiger partial charge in [0.05, 0.1) is 12.6 Å². The molecule has 8 N–H and O–H groups in total. The van der Waals surface area contributed by atoms with E-state index in [4.69, 9.17) is 15.9 Å². The molecule has 39 heavy (non-hydrogen) atoms. The van der Waals surface area contributed by atoms with Crippen LogP contribution < -0.4 is 21.7 Å². The van der Waals surface area contributed by atoms with Crippen molar-refractivity contribution in [1.29, 1.82) is 0 Å². The number of hydrogen-bond acceptors (Lipinski definition) is 8. The highest BCUT2D eigenvalue weighted by Gasteiger charge is 2.39. The van der Waals surface area contributed by atoms with Gasteiger partial charge in [-0.1, -0.05) is 30.3 Å². The Hall–Kier alpha value is -4.04. The molecule has 4 amide bonds. The molecule has 2 rings (SSSR count). The summed E-state index contributed by atoms with van der Waals surface area (Å²) in [6.45, 7) is 0.728. The van der Waals surface area contributed by atoms with E-state index in [2.05, 4.69) is 16.0 Å². The summed E-state index contributed by atoms with van der Waals surface area (Å²) in [5.41, 5.74) is 6.25. The average molecular weight is 550 g/mol. The number of hydrogen-bond donors (Lipinski definition) is 7. The van der Waals surface area contributed by atoms with Gasteiger partial charge in [-0.05, 0) is 31.7 Å². The first-order valence-electron chi connectivity index (χ1n) is 12.5. The molecule has 1 aliphatic rings. The number of benzene rings is 1. The minimum Gasteiger partial charge on any atom is -0.481 e. The molecule has 1 aliphatic heterocycles. The van der Waals surface area contributed by atoms with E-state index in [0.29, 0.717) is 12.0 Å². The Labute approximate surface area is 224 Å². The molecule has 1 aromatic rings. The number of carbonyl (C=O) groups excluding carboxylic acids is 4. The summed E-state index contributed by atoms with van der Waals surface area (Å²) < 4.78 is 0. The monoisotopic (exact) mass is 549 g/mol. The summed E-state index contributed by atoms with van der Waals surface area (Å²) in [6, 6.07) is 2.70. The first-order valence-corrected chi connectivity index (χ1v) is 12.5. The van der Waals surface area contributed by atoms with Crippen molar-refractivity contribution in [2.45, 2.75) is 69.2 Å². The van der Waals surface area contributed by atoms with Crippen LogP contribution in [0.15, 0.2) is 30.3 Å². The lowest BCUT2D eigenvalue weighted by Gasteiger charge is -2.30. The van der Waals surface area contributed by atoms with E-state index in [0.717, 1.165) is 0 Å². The molecule has 14 nitrogen and oxygen atoms in total. The molecule has 1 saturated heterocycles. The highest BCUT2D eigenvalue weighted by molar-refractivity contribution is 5.96. The number of carboxylic acid groups (broad SMARTS) is 2. The van der Waals surface area contributed by atoms with Crippen LogP contribution in [0.2, 0.25) is 0 Å². The fourth-order valence-corrected chi connectivity index (χ4v) is 4.12. The Balaban J connectivity index is 2.29. The summed E-state index contributed by atoms with van der Waals surface area (Å²) in [7, 11) is 0. The number of nitrogens with zero attached hydrogens (tertiary/aromatic N) is 1. The van der Waals surface area contributed by atoms with Crippen LogP contribution in [0, 0.1) is 0 Å². The van der Waals surface area contributed by atoms with Crippen molar-refractivity contribution in [2.24, 2.45) is 5.73 Å². The largest absolute Gasteiger partial charge is 0.481 e. The van der Waals surface area contributed by atoms with Gasteiger partial charge in [0.15, 0.2) is 0 Å². The van der Waals surface area contributed by atoms with Crippen molar-refractivity contribution in [1.82, 2.24) is 20.9 Å². The fourth-order valence-electron chi connectivity index (χ4n) is 4.12. The second kappa shape index (κ2) is 14.8. The third-order valence-corrected chi connectivity index (χ3v) is 6.23. The number of likely N-dealkylation sites (tertiary alicyclic amines) is 1. The van der Waals surface area contributed by atoms with Crippen LogP contribution in [-0.2, 0) is 35.2 Å². The fraction of sp³-hybridized carbons (Fsp3) is 0.520. The maximum Gasteiger partial charge on any atom is 0.328 e. The predicted octanol–water partition coefficient (Wildman–Crippen LogP) is -2.04. The minimum atomic E-state index is -1.54. The molecular formula is C25H35N5O9. The SMILES string of the molecule is C[C@H](N)C(=O)N[C@@H](CCC(=O)O)C(=O)N[C@@H](Cc1ccccc1)C(=O)N1CCC[C@H]1C(=O)N[C@@H](CO)C(=O)O. The highest BCUT2D eigenvalue weighted by atomic mass is 16.4. The number of aliphatic hydroxyl groups is 1. The van der Waals surface area contributed by atoms with Crippen LogP contribution >= 0.6 is 0 Å². The molecule has 0 aromatic heterocycles. The van der Waals surface area contributed by atoms with Crippen LogP contribution in [0.25, 0.3) is 0 Å². The molecule has 0 aliphatic carbocycles. The normalized spacial score (nSPS) is 17.8. The number of nitrogens with one attached hydrogen (secondary N) is 3. The Bertz CT molecular complexity index is 1050. The van der Waals surface area contributed by atoms with Crippen LogP contribution in [-0.4, -0.2) is 99.1 Å².